The van der Waals surface area contributed by atoms with E-state index in [2.05, 4.69) is 34.5 Å². The van der Waals surface area contributed by atoms with Crippen LogP contribution in [0.2, 0.25) is 0 Å². The Morgan fingerprint density at radius 3 is 2.60 bits per heavy atom. The van der Waals surface area contributed by atoms with Crippen molar-refractivity contribution in [2.24, 2.45) is 0 Å². The number of carbonyl (C=O) groups excluding carboxylic acids is 1. The van der Waals surface area contributed by atoms with Gasteiger partial charge in [-0.2, -0.15) is 4.98 Å². The molecule has 0 fully saturated rings. The first-order valence-electron chi connectivity index (χ1n) is 11.1. The highest BCUT2D eigenvalue weighted by atomic mass is 16.5. The number of carboxylic acid groups (broad SMARTS) is 1. The summed E-state index contributed by atoms with van der Waals surface area (Å²) in [7, 11) is 1.66. The Bertz CT molecular complexity index is 1360. The molecule has 35 heavy (non-hydrogen) atoms. The zero-order valence-corrected chi connectivity index (χ0v) is 19.4. The minimum absolute atomic E-state index is 0.0487. The summed E-state index contributed by atoms with van der Waals surface area (Å²) in [5.74, 6) is -0.645. The van der Waals surface area contributed by atoms with Crippen molar-refractivity contribution in [1.82, 2.24) is 15.5 Å². The predicted molar refractivity (Wildman–Crippen MR) is 131 cm³/mol. The summed E-state index contributed by atoms with van der Waals surface area (Å²) in [5.41, 5.74) is 6.13. The third-order valence-corrected chi connectivity index (χ3v) is 5.52. The molecule has 0 spiro atoms. The molecule has 3 aromatic carbocycles. The first kappa shape index (κ1) is 23.8. The molecule has 4 aromatic rings. The van der Waals surface area contributed by atoms with Crippen LogP contribution in [0.1, 0.15) is 27.9 Å². The van der Waals surface area contributed by atoms with E-state index in [1.165, 1.54) is 5.56 Å². The van der Waals surface area contributed by atoms with Crippen LogP contribution in [-0.2, 0) is 16.1 Å². The van der Waals surface area contributed by atoms with Gasteiger partial charge in [-0.1, -0.05) is 47.6 Å². The van der Waals surface area contributed by atoms with Crippen LogP contribution in [0.25, 0.3) is 34.0 Å². The van der Waals surface area contributed by atoms with Gasteiger partial charge in [0, 0.05) is 30.3 Å². The molecule has 1 aromatic heterocycles. The van der Waals surface area contributed by atoms with Gasteiger partial charge in [0.1, 0.15) is 0 Å². The molecule has 0 saturated heterocycles. The Labute approximate surface area is 202 Å². The average molecular weight is 472 g/mol. The second-order valence-corrected chi connectivity index (χ2v) is 8.02. The van der Waals surface area contributed by atoms with Crippen LogP contribution in [0, 0.1) is 6.92 Å². The molecule has 0 bridgehead atoms. The SMILES string of the molecule is COCc1cc(-c2nc(-c3cccc(C(=O)NCCC(=O)O)c3)no2)ccc1-c1ccccc1C. The number of benzene rings is 3. The van der Waals surface area contributed by atoms with E-state index in [1.807, 2.05) is 30.3 Å². The average Bonchev–Trinajstić information content (AvgIpc) is 3.35. The van der Waals surface area contributed by atoms with E-state index in [9.17, 15) is 9.59 Å². The van der Waals surface area contributed by atoms with Gasteiger partial charge in [-0.25, -0.2) is 0 Å². The summed E-state index contributed by atoms with van der Waals surface area (Å²) in [6, 6.07) is 20.9. The maximum atomic E-state index is 12.3. The molecule has 1 amide bonds. The van der Waals surface area contributed by atoms with Gasteiger partial charge >= 0.3 is 5.97 Å². The number of hydrogen-bond donors (Lipinski definition) is 2. The van der Waals surface area contributed by atoms with Crippen LogP contribution in [0.15, 0.2) is 71.3 Å². The van der Waals surface area contributed by atoms with E-state index in [1.54, 1.807) is 31.4 Å². The first-order chi connectivity index (χ1) is 17.0. The number of ether oxygens (including phenoxy) is 1. The van der Waals surface area contributed by atoms with E-state index < -0.39 is 5.97 Å². The molecule has 1 heterocycles. The number of hydrogen-bond acceptors (Lipinski definition) is 6. The highest BCUT2D eigenvalue weighted by Crippen LogP contribution is 2.31. The van der Waals surface area contributed by atoms with Gasteiger partial charge in [-0.05, 0) is 53.4 Å². The monoisotopic (exact) mass is 471 g/mol. The number of nitrogens with one attached hydrogen (secondary N) is 1. The maximum absolute atomic E-state index is 12.3. The third-order valence-electron chi connectivity index (χ3n) is 5.52. The van der Waals surface area contributed by atoms with Crippen LogP contribution in [0.5, 0.6) is 0 Å². The second-order valence-electron chi connectivity index (χ2n) is 8.02. The minimum Gasteiger partial charge on any atom is -0.481 e. The first-order valence-corrected chi connectivity index (χ1v) is 11.1. The maximum Gasteiger partial charge on any atom is 0.305 e. The second kappa shape index (κ2) is 10.8. The van der Waals surface area contributed by atoms with E-state index >= 15 is 0 Å². The van der Waals surface area contributed by atoms with Crippen LogP contribution in [0.4, 0.5) is 0 Å². The summed E-state index contributed by atoms with van der Waals surface area (Å²) < 4.78 is 11.0. The number of nitrogens with zero attached hydrogens (tertiary/aromatic N) is 2. The number of aliphatic carboxylic acids is 1. The van der Waals surface area contributed by atoms with Crippen molar-refractivity contribution >= 4 is 11.9 Å². The molecule has 0 aliphatic rings. The largest absolute Gasteiger partial charge is 0.481 e. The molecule has 0 unspecified atom stereocenters. The standard InChI is InChI=1S/C27H25N3O5/c1-17-6-3-4-9-22(17)23-11-10-20(15-21(23)16-34-2)27-29-25(30-35-27)18-7-5-8-19(14-18)26(33)28-13-12-24(31)32/h3-11,14-15H,12-13,16H2,1-2H3,(H,28,33)(H,31,32). The fourth-order valence-corrected chi connectivity index (χ4v) is 3.78. The van der Waals surface area contributed by atoms with Crippen LogP contribution >= 0.6 is 0 Å². The van der Waals surface area contributed by atoms with Crippen molar-refractivity contribution < 1.29 is 24.0 Å². The lowest BCUT2D eigenvalue weighted by atomic mass is 9.94. The Morgan fingerprint density at radius 2 is 1.83 bits per heavy atom. The molecule has 0 atom stereocenters. The van der Waals surface area contributed by atoms with E-state index in [4.69, 9.17) is 14.4 Å². The predicted octanol–water partition coefficient (Wildman–Crippen LogP) is 4.73. The Balaban J connectivity index is 1.59. The molecule has 0 aliphatic carbocycles. The molecular weight excluding hydrogens is 446 g/mol. The Morgan fingerprint density at radius 1 is 1.00 bits per heavy atom. The summed E-state index contributed by atoms with van der Waals surface area (Å²) in [5, 5.41) is 15.4. The van der Waals surface area contributed by atoms with Gasteiger partial charge < -0.3 is 19.7 Å². The lowest BCUT2D eigenvalue weighted by molar-refractivity contribution is -0.136. The summed E-state index contributed by atoms with van der Waals surface area (Å²) in [6.45, 7) is 2.55. The zero-order valence-electron chi connectivity index (χ0n) is 19.4. The smallest absolute Gasteiger partial charge is 0.305 e. The Hall–Kier alpha value is -4.30. The number of rotatable bonds is 9. The van der Waals surface area contributed by atoms with E-state index in [0.717, 1.165) is 22.3 Å². The minimum atomic E-state index is -0.973. The van der Waals surface area contributed by atoms with E-state index in [0.29, 0.717) is 29.4 Å². The summed E-state index contributed by atoms with van der Waals surface area (Å²) in [6.07, 6.45) is -0.146. The van der Waals surface area contributed by atoms with Crippen molar-refractivity contribution in [3.8, 4) is 34.0 Å². The highest BCUT2D eigenvalue weighted by Gasteiger charge is 2.16. The van der Waals surface area contributed by atoms with Crippen molar-refractivity contribution in [3.63, 3.8) is 0 Å². The lowest BCUT2D eigenvalue weighted by Gasteiger charge is -2.12. The van der Waals surface area contributed by atoms with Gasteiger partial charge in [0.05, 0.1) is 13.0 Å². The fraction of sp³-hybridized carbons (Fsp3) is 0.185. The molecule has 0 saturated carbocycles. The van der Waals surface area contributed by atoms with Crippen molar-refractivity contribution in [3.05, 3.63) is 83.4 Å². The molecule has 8 nitrogen and oxygen atoms in total. The van der Waals surface area contributed by atoms with Crippen LogP contribution in [-0.4, -0.2) is 40.8 Å². The van der Waals surface area contributed by atoms with Gasteiger partial charge in [-0.3, -0.25) is 9.59 Å². The quantitative estimate of drug-likeness (QED) is 0.363. The van der Waals surface area contributed by atoms with Gasteiger partial charge in [0.25, 0.3) is 11.8 Å². The summed E-state index contributed by atoms with van der Waals surface area (Å²) in [4.78, 5) is 27.5. The van der Waals surface area contributed by atoms with Crippen LogP contribution < -0.4 is 5.32 Å². The van der Waals surface area contributed by atoms with E-state index in [-0.39, 0.29) is 18.9 Å². The highest BCUT2D eigenvalue weighted by molar-refractivity contribution is 5.95. The van der Waals surface area contributed by atoms with Crippen molar-refractivity contribution in [2.45, 2.75) is 20.0 Å². The topological polar surface area (TPSA) is 115 Å². The van der Waals surface area contributed by atoms with Crippen molar-refractivity contribution in [1.29, 1.82) is 0 Å². The molecule has 0 radical (unpaired) electrons. The Kier molecular flexibility index (Phi) is 7.32. The fourth-order valence-electron chi connectivity index (χ4n) is 3.78. The van der Waals surface area contributed by atoms with Crippen LogP contribution in [0.3, 0.4) is 0 Å². The number of amides is 1. The molecule has 8 heteroatoms. The molecule has 4 rings (SSSR count). The number of aryl methyl sites for hydroxylation is 1. The number of carboxylic acids is 1. The molecular formula is C27H25N3O5. The molecule has 0 aliphatic heterocycles. The molecule has 178 valence electrons. The number of carbonyl (C=O) groups is 2. The number of aromatic nitrogens is 2. The normalized spacial score (nSPS) is 10.8. The molecule has 2 N–H and O–H groups in total. The van der Waals surface area contributed by atoms with Gasteiger partial charge in [0.15, 0.2) is 0 Å². The zero-order chi connectivity index (χ0) is 24.8. The van der Waals surface area contributed by atoms with Gasteiger partial charge in [-0.15, -0.1) is 0 Å². The summed E-state index contributed by atoms with van der Waals surface area (Å²) >= 11 is 0. The van der Waals surface area contributed by atoms with Gasteiger partial charge in [0.2, 0.25) is 5.82 Å². The van der Waals surface area contributed by atoms with Crippen molar-refractivity contribution in [2.75, 3.05) is 13.7 Å². The third kappa shape index (κ3) is 5.62. The lowest BCUT2D eigenvalue weighted by Crippen LogP contribution is -2.25. The number of methoxy groups -OCH3 is 1.